The summed E-state index contributed by atoms with van der Waals surface area (Å²) in [5.74, 6) is 1.22. The zero-order valence-corrected chi connectivity index (χ0v) is 17.5. The molecule has 0 bridgehead atoms. The lowest BCUT2D eigenvalue weighted by Crippen LogP contribution is -2.43. The molecule has 2 heterocycles. The third-order valence-electron chi connectivity index (χ3n) is 4.82. The third kappa shape index (κ3) is 7.20. The summed E-state index contributed by atoms with van der Waals surface area (Å²) in [7, 11) is 0. The van der Waals surface area contributed by atoms with Crippen LogP contribution in [0, 0.1) is 0 Å². The molecule has 8 heteroatoms. The summed E-state index contributed by atoms with van der Waals surface area (Å²) in [5.41, 5.74) is 2.46. The second kappa shape index (κ2) is 12.0. The molecule has 2 aromatic rings. The van der Waals surface area contributed by atoms with E-state index in [1.54, 1.807) is 12.3 Å². The molecule has 3 rings (SSSR count). The van der Waals surface area contributed by atoms with Gasteiger partial charge in [0.15, 0.2) is 5.96 Å². The van der Waals surface area contributed by atoms with Gasteiger partial charge < -0.3 is 25.1 Å². The van der Waals surface area contributed by atoms with Crippen molar-refractivity contribution >= 4 is 11.9 Å². The zero-order chi connectivity index (χ0) is 21.0. The molecule has 1 amide bonds. The largest absolute Gasteiger partial charge is 0.467 e. The average molecular weight is 414 g/mol. The second-order valence-corrected chi connectivity index (χ2v) is 7.06. The van der Waals surface area contributed by atoms with Crippen LogP contribution in [0.5, 0.6) is 0 Å². The summed E-state index contributed by atoms with van der Waals surface area (Å²) < 4.78 is 10.7. The number of morpholine rings is 1. The maximum atomic E-state index is 12.1. The van der Waals surface area contributed by atoms with Gasteiger partial charge in [-0.1, -0.05) is 24.3 Å². The number of benzene rings is 1. The highest BCUT2D eigenvalue weighted by molar-refractivity contribution is 5.86. The fraction of sp³-hybridized carbons (Fsp3) is 0.455. The van der Waals surface area contributed by atoms with Crippen molar-refractivity contribution in [1.82, 2.24) is 20.9 Å². The third-order valence-corrected chi connectivity index (χ3v) is 4.82. The maximum absolute atomic E-state index is 12.1. The molecule has 0 spiro atoms. The van der Waals surface area contributed by atoms with Crippen molar-refractivity contribution in [3.63, 3.8) is 0 Å². The minimum Gasteiger partial charge on any atom is -0.467 e. The van der Waals surface area contributed by atoms with Crippen LogP contribution in [0.1, 0.15) is 23.8 Å². The molecule has 0 unspecified atom stereocenters. The summed E-state index contributed by atoms with van der Waals surface area (Å²) in [6.07, 6.45) is 1.59. The van der Waals surface area contributed by atoms with E-state index in [1.165, 1.54) is 11.1 Å². The predicted molar refractivity (Wildman–Crippen MR) is 116 cm³/mol. The number of hydrogen-bond acceptors (Lipinski definition) is 5. The van der Waals surface area contributed by atoms with Gasteiger partial charge in [0.2, 0.25) is 5.91 Å². The Morgan fingerprint density at radius 2 is 1.87 bits per heavy atom. The van der Waals surface area contributed by atoms with Gasteiger partial charge in [0.05, 0.1) is 39.1 Å². The molecule has 162 valence electrons. The number of nitrogens with zero attached hydrogens (tertiary/aromatic N) is 2. The molecule has 1 aromatic carbocycles. The fourth-order valence-electron chi connectivity index (χ4n) is 3.20. The van der Waals surface area contributed by atoms with Crippen molar-refractivity contribution in [3.8, 4) is 0 Å². The topological polar surface area (TPSA) is 91.1 Å². The monoisotopic (exact) mass is 413 g/mol. The van der Waals surface area contributed by atoms with Crippen molar-refractivity contribution in [2.45, 2.75) is 26.6 Å². The number of carbonyl (C=O) groups is 1. The minimum absolute atomic E-state index is 0.121. The Kier molecular flexibility index (Phi) is 8.74. The van der Waals surface area contributed by atoms with Crippen molar-refractivity contribution in [3.05, 3.63) is 59.5 Å². The van der Waals surface area contributed by atoms with E-state index in [-0.39, 0.29) is 12.5 Å². The van der Waals surface area contributed by atoms with E-state index >= 15 is 0 Å². The lowest BCUT2D eigenvalue weighted by Gasteiger charge is -2.27. The molecule has 1 aromatic heterocycles. The smallest absolute Gasteiger partial charge is 0.239 e. The zero-order valence-electron chi connectivity index (χ0n) is 17.5. The van der Waals surface area contributed by atoms with Gasteiger partial charge in [-0.2, -0.15) is 0 Å². The summed E-state index contributed by atoms with van der Waals surface area (Å²) in [4.78, 5) is 19.2. The van der Waals surface area contributed by atoms with E-state index in [9.17, 15) is 4.79 Å². The summed E-state index contributed by atoms with van der Waals surface area (Å²) >= 11 is 0. The fourth-order valence-corrected chi connectivity index (χ4v) is 3.20. The molecule has 0 saturated carbocycles. The molecule has 8 nitrogen and oxygen atoms in total. The van der Waals surface area contributed by atoms with E-state index in [0.29, 0.717) is 19.0 Å². The molecular formula is C22H31N5O3. The highest BCUT2D eigenvalue weighted by Crippen LogP contribution is 2.14. The quantitative estimate of drug-likeness (QED) is 0.426. The molecule has 1 aliphatic rings. The Balaban J connectivity index is 1.53. The minimum atomic E-state index is -0.121. The molecule has 0 aliphatic carbocycles. The average Bonchev–Trinajstić information content (AvgIpc) is 3.29. The summed E-state index contributed by atoms with van der Waals surface area (Å²) in [5, 5.41) is 9.10. The Hall–Kier alpha value is -2.84. The van der Waals surface area contributed by atoms with E-state index in [0.717, 1.165) is 45.2 Å². The number of ether oxygens (including phenoxy) is 1. The van der Waals surface area contributed by atoms with Crippen LogP contribution in [-0.2, 0) is 29.2 Å². The van der Waals surface area contributed by atoms with Gasteiger partial charge in [0, 0.05) is 26.2 Å². The first-order valence-electron chi connectivity index (χ1n) is 10.4. The van der Waals surface area contributed by atoms with E-state index in [4.69, 9.17) is 9.15 Å². The van der Waals surface area contributed by atoms with E-state index in [1.807, 2.05) is 19.1 Å². The van der Waals surface area contributed by atoms with Gasteiger partial charge in [0.1, 0.15) is 5.76 Å². The van der Waals surface area contributed by atoms with Crippen LogP contribution in [0.4, 0.5) is 0 Å². The molecule has 1 aliphatic heterocycles. The van der Waals surface area contributed by atoms with Crippen LogP contribution in [0.3, 0.4) is 0 Å². The number of nitrogens with one attached hydrogen (secondary N) is 3. The molecule has 0 atom stereocenters. The van der Waals surface area contributed by atoms with Crippen molar-refractivity contribution in [2.24, 2.45) is 4.99 Å². The summed E-state index contributed by atoms with van der Waals surface area (Å²) in [6, 6.07) is 12.0. The highest BCUT2D eigenvalue weighted by Gasteiger charge is 2.12. The Bertz CT molecular complexity index is 801. The van der Waals surface area contributed by atoms with Gasteiger partial charge in [-0.3, -0.25) is 9.69 Å². The second-order valence-electron chi connectivity index (χ2n) is 7.06. The first-order chi connectivity index (χ1) is 14.7. The number of carbonyl (C=O) groups excluding carboxylic acids is 1. The normalized spacial score (nSPS) is 15.0. The Labute approximate surface area is 177 Å². The molecule has 1 fully saturated rings. The predicted octanol–water partition coefficient (Wildman–Crippen LogP) is 1.48. The lowest BCUT2D eigenvalue weighted by atomic mass is 10.1. The first kappa shape index (κ1) is 21.9. The number of hydrogen-bond donors (Lipinski definition) is 3. The molecule has 3 N–H and O–H groups in total. The number of rotatable bonds is 9. The van der Waals surface area contributed by atoms with Crippen LogP contribution < -0.4 is 16.0 Å². The van der Waals surface area contributed by atoms with Crippen molar-refractivity contribution in [2.75, 3.05) is 39.4 Å². The van der Waals surface area contributed by atoms with Crippen LogP contribution in [0.15, 0.2) is 52.1 Å². The van der Waals surface area contributed by atoms with Crippen LogP contribution in [0.25, 0.3) is 0 Å². The van der Waals surface area contributed by atoms with Gasteiger partial charge in [-0.15, -0.1) is 0 Å². The molecule has 0 radical (unpaired) electrons. The van der Waals surface area contributed by atoms with E-state index < -0.39 is 0 Å². The number of guanidine groups is 1. The van der Waals surface area contributed by atoms with Gasteiger partial charge >= 0.3 is 0 Å². The molecule has 30 heavy (non-hydrogen) atoms. The van der Waals surface area contributed by atoms with Gasteiger partial charge in [-0.25, -0.2) is 4.99 Å². The number of amides is 1. The van der Waals surface area contributed by atoms with Crippen molar-refractivity contribution in [1.29, 1.82) is 0 Å². The van der Waals surface area contributed by atoms with Gasteiger partial charge in [0.25, 0.3) is 0 Å². The van der Waals surface area contributed by atoms with Crippen LogP contribution in [-0.4, -0.2) is 56.2 Å². The Morgan fingerprint density at radius 3 is 2.60 bits per heavy atom. The SMILES string of the molecule is CCNC(=NCc1ccccc1CN1CCOCC1)NCC(=O)NCc1ccco1. The van der Waals surface area contributed by atoms with Crippen molar-refractivity contribution < 1.29 is 13.9 Å². The van der Waals surface area contributed by atoms with Crippen LogP contribution in [0.2, 0.25) is 0 Å². The summed E-state index contributed by atoms with van der Waals surface area (Å²) in [6.45, 7) is 8.16. The first-order valence-corrected chi connectivity index (χ1v) is 10.4. The maximum Gasteiger partial charge on any atom is 0.239 e. The Morgan fingerprint density at radius 1 is 1.07 bits per heavy atom. The highest BCUT2D eigenvalue weighted by atomic mass is 16.5. The number of furan rings is 1. The molecule has 1 saturated heterocycles. The lowest BCUT2D eigenvalue weighted by molar-refractivity contribution is -0.120. The number of aliphatic imine (C=N–C) groups is 1. The standard InChI is InChI=1S/C22H31N5O3/c1-2-23-22(26-16-21(28)24-15-20-8-5-11-30-20)25-14-18-6-3-4-7-19(18)17-27-9-12-29-13-10-27/h3-8,11H,2,9-10,12-17H2,1H3,(H,24,28)(H2,23,25,26). The van der Waals surface area contributed by atoms with Gasteiger partial charge in [-0.05, 0) is 30.2 Å². The molecular weight excluding hydrogens is 382 g/mol. The van der Waals surface area contributed by atoms with E-state index in [2.05, 4.69) is 44.0 Å². The van der Waals surface area contributed by atoms with Crippen LogP contribution >= 0.6 is 0 Å².